The van der Waals surface area contributed by atoms with Crippen molar-refractivity contribution in [3.05, 3.63) is 0 Å². The summed E-state index contributed by atoms with van der Waals surface area (Å²) in [4.78, 5) is 57.7. The Morgan fingerprint density at radius 1 is 0.696 bits per heavy atom. The molecule has 12 nitrogen and oxygen atoms in total. The van der Waals surface area contributed by atoms with Gasteiger partial charge in [0.25, 0.3) is 0 Å². The van der Waals surface area contributed by atoms with E-state index in [1.54, 1.807) is 0 Å². The molecule has 0 fully saturated rings. The maximum absolute atomic E-state index is 11.3. The molecule has 0 aliphatic heterocycles. The number of ether oxygens (including phenoxy) is 2. The summed E-state index contributed by atoms with van der Waals surface area (Å²) in [6.07, 6.45) is 24.1. The largest absolute Gasteiger partial charge is 0.480 e. The number of carbonyl (C=O) groups is 6. The molecule has 0 rings (SSSR count). The molecule has 12 heteroatoms. The van der Waals surface area contributed by atoms with Gasteiger partial charge in [0, 0.05) is 26.0 Å². The van der Waals surface area contributed by atoms with Crippen molar-refractivity contribution < 1.29 is 43.3 Å². The summed E-state index contributed by atoms with van der Waals surface area (Å²) in [5, 5.41) is 12.6. The van der Waals surface area contributed by atoms with Gasteiger partial charge in [-0.05, 0) is 26.2 Å². The zero-order valence-corrected chi connectivity index (χ0v) is 29.6. The van der Waals surface area contributed by atoms with Crippen molar-refractivity contribution in [3.8, 4) is 0 Å². The van der Waals surface area contributed by atoms with Crippen LogP contribution in [-0.4, -0.2) is 81.9 Å². The lowest BCUT2D eigenvalue weighted by Crippen LogP contribution is -2.27. The highest BCUT2D eigenvalue weighted by Crippen LogP contribution is 2.13. The third kappa shape index (κ3) is 78.1. The number of hydrogen-bond donors (Lipinski definition) is 4. The number of aliphatic carboxylic acids is 1. The molecule has 0 heterocycles. The van der Waals surface area contributed by atoms with Gasteiger partial charge in [-0.1, -0.05) is 104 Å². The van der Waals surface area contributed by atoms with E-state index in [9.17, 15) is 19.2 Å². The minimum atomic E-state index is -1.04. The topological polar surface area (TPSA) is 191 Å². The van der Waals surface area contributed by atoms with Gasteiger partial charge in [-0.2, -0.15) is 0 Å². The monoisotopic (exact) mass is 664 g/mol. The lowest BCUT2D eigenvalue weighted by molar-refractivity contribution is -0.136. The molecule has 0 atom stereocenters. The Morgan fingerprint density at radius 2 is 1.09 bits per heavy atom. The number of rotatable bonds is 28. The van der Waals surface area contributed by atoms with Crippen molar-refractivity contribution in [1.29, 1.82) is 0 Å². The lowest BCUT2D eigenvalue weighted by atomic mass is 10.0. The molecule has 5 N–H and O–H groups in total. The predicted molar refractivity (Wildman–Crippen MR) is 185 cm³/mol. The fourth-order valence-corrected chi connectivity index (χ4v) is 3.58. The molecule has 46 heavy (non-hydrogen) atoms. The number of carboxylic acid groups (broad SMARTS) is 1. The van der Waals surface area contributed by atoms with Crippen molar-refractivity contribution in [2.75, 3.05) is 39.5 Å². The second kappa shape index (κ2) is 57.8. The highest BCUT2D eigenvalue weighted by Gasteiger charge is 1.98. The second-order valence-corrected chi connectivity index (χ2v) is 10.2. The van der Waals surface area contributed by atoms with Crippen molar-refractivity contribution in [3.63, 3.8) is 0 Å². The summed E-state index contributed by atoms with van der Waals surface area (Å²) >= 11 is 0. The van der Waals surface area contributed by atoms with E-state index in [1.807, 2.05) is 12.2 Å². The molecule has 0 saturated carbocycles. The fraction of sp³-hybridized carbons (Fsp3) is 0.824. The van der Waals surface area contributed by atoms with Gasteiger partial charge in [-0.15, -0.1) is 0 Å². The average Bonchev–Trinajstić information content (AvgIpc) is 3.02. The Labute approximate surface area is 279 Å². The molecular formula is C34H69N3O9. The van der Waals surface area contributed by atoms with Crippen LogP contribution in [0.4, 0.5) is 0 Å². The molecule has 0 aromatic heterocycles. The summed E-state index contributed by atoms with van der Waals surface area (Å²) in [6, 6.07) is 0. The van der Waals surface area contributed by atoms with E-state index in [4.69, 9.17) is 24.2 Å². The van der Waals surface area contributed by atoms with E-state index < -0.39 is 5.97 Å². The molecule has 0 aromatic carbocycles. The number of primary amides is 1. The van der Waals surface area contributed by atoms with Crippen LogP contribution < -0.4 is 16.4 Å². The van der Waals surface area contributed by atoms with Crippen LogP contribution >= 0.6 is 0 Å². The van der Waals surface area contributed by atoms with E-state index in [-0.39, 0.29) is 18.9 Å². The Morgan fingerprint density at radius 3 is 1.43 bits per heavy atom. The molecule has 0 bridgehead atoms. The fourth-order valence-electron chi connectivity index (χ4n) is 3.58. The summed E-state index contributed by atoms with van der Waals surface area (Å²) in [7, 11) is 0. The lowest BCUT2D eigenvalue weighted by Gasteiger charge is -2.07. The highest BCUT2D eigenvalue weighted by atomic mass is 16.5. The van der Waals surface area contributed by atoms with Crippen LogP contribution in [0.2, 0.25) is 0 Å². The molecule has 274 valence electrons. The summed E-state index contributed by atoms with van der Waals surface area (Å²) in [5.41, 5.74) is 4.17. The second-order valence-electron chi connectivity index (χ2n) is 10.2. The summed E-state index contributed by atoms with van der Waals surface area (Å²) < 4.78 is 11.0. The van der Waals surface area contributed by atoms with Crippen LogP contribution in [-0.2, 0) is 38.2 Å². The van der Waals surface area contributed by atoms with E-state index in [0.29, 0.717) is 39.2 Å². The SMILES string of the molecule is CC=O.CCC.CCCC(=O)NCCOCCOCCCCCCCCCCCCCCCCC=O.NC=O.O=CNCC(=O)O. The first kappa shape index (κ1) is 52.7. The Hall–Kier alpha value is -2.86. The van der Waals surface area contributed by atoms with Gasteiger partial charge in [-0.25, -0.2) is 0 Å². The maximum Gasteiger partial charge on any atom is 0.322 e. The minimum Gasteiger partial charge on any atom is -0.480 e. The number of aldehydes is 2. The number of carboxylic acids is 1. The molecule has 0 aliphatic rings. The number of nitrogens with two attached hydrogens (primary N) is 1. The molecule has 0 aromatic rings. The molecule has 0 aliphatic carbocycles. The number of hydrogen-bond acceptors (Lipinski definition) is 8. The predicted octanol–water partition coefficient (Wildman–Crippen LogP) is 5.53. The highest BCUT2D eigenvalue weighted by molar-refractivity contribution is 5.75. The minimum absolute atomic E-state index is 0.104. The van der Waals surface area contributed by atoms with E-state index in [1.165, 1.54) is 90.4 Å². The van der Waals surface area contributed by atoms with Crippen molar-refractivity contribution in [2.45, 2.75) is 143 Å². The summed E-state index contributed by atoms with van der Waals surface area (Å²) in [6.45, 7) is 10.6. The van der Waals surface area contributed by atoms with Crippen molar-refractivity contribution in [1.82, 2.24) is 10.6 Å². The first-order chi connectivity index (χ1) is 22.3. The first-order valence-electron chi connectivity index (χ1n) is 17.1. The van der Waals surface area contributed by atoms with E-state index in [2.05, 4.69) is 24.9 Å². The first-order valence-corrected chi connectivity index (χ1v) is 17.1. The molecule has 3 amide bonds. The standard InChI is InChI=1S/C25H49NO4.C3H5NO3.C3H8.C2H4O.CH3NO/c1-2-18-25(28)26-19-22-30-24-23-29-21-17-15-13-11-9-7-5-3-4-6-8-10-12-14-16-20-27;5-2-4-1-3(6)7;1-3-2;1-2-3;2-1-3/h20H,2-19,21-24H2,1H3,(H,26,28);2H,1H2,(H,4,5)(H,6,7);3H2,1-2H3;2H,1H3;1H,(H2,2,3). The molecule has 0 saturated heterocycles. The van der Waals surface area contributed by atoms with Crippen LogP contribution in [0.25, 0.3) is 0 Å². The van der Waals surface area contributed by atoms with E-state index >= 15 is 0 Å². The van der Waals surface area contributed by atoms with Crippen LogP contribution in [0.1, 0.15) is 143 Å². The van der Waals surface area contributed by atoms with Crippen LogP contribution in [0.5, 0.6) is 0 Å². The van der Waals surface area contributed by atoms with Gasteiger partial charge in [0.15, 0.2) is 0 Å². The number of nitrogens with one attached hydrogen (secondary N) is 2. The average molecular weight is 664 g/mol. The molecular weight excluding hydrogens is 594 g/mol. The van der Waals surface area contributed by atoms with Gasteiger partial charge in [-0.3, -0.25) is 19.2 Å². The third-order valence-corrected chi connectivity index (χ3v) is 5.61. The van der Waals surface area contributed by atoms with Crippen LogP contribution in [0, 0.1) is 0 Å². The molecule has 0 unspecified atom stereocenters. The number of amides is 3. The Bertz CT molecular complexity index is 619. The smallest absolute Gasteiger partial charge is 0.322 e. The van der Waals surface area contributed by atoms with Gasteiger partial charge >= 0.3 is 5.97 Å². The van der Waals surface area contributed by atoms with Crippen LogP contribution in [0.3, 0.4) is 0 Å². The van der Waals surface area contributed by atoms with Gasteiger partial charge in [0.1, 0.15) is 19.1 Å². The van der Waals surface area contributed by atoms with Gasteiger partial charge in [0.2, 0.25) is 18.7 Å². The van der Waals surface area contributed by atoms with E-state index in [0.717, 1.165) is 44.9 Å². The maximum atomic E-state index is 11.3. The normalized spacial score (nSPS) is 9.22. The quantitative estimate of drug-likeness (QED) is 0.0616. The van der Waals surface area contributed by atoms with Crippen molar-refractivity contribution >= 4 is 37.3 Å². The zero-order valence-electron chi connectivity index (χ0n) is 29.6. The Kier molecular flexibility index (Phi) is 66.1. The molecule has 0 spiro atoms. The van der Waals surface area contributed by atoms with Gasteiger partial charge in [0.05, 0.1) is 19.8 Å². The van der Waals surface area contributed by atoms with Gasteiger partial charge < -0.3 is 40.5 Å². The molecule has 0 radical (unpaired) electrons. The zero-order chi connectivity index (χ0) is 35.8. The van der Waals surface area contributed by atoms with Crippen LogP contribution in [0.15, 0.2) is 0 Å². The number of unbranched alkanes of at least 4 members (excludes halogenated alkanes) is 14. The summed E-state index contributed by atoms with van der Waals surface area (Å²) in [5.74, 6) is -0.931. The number of carbonyl (C=O) groups excluding carboxylic acids is 5. The van der Waals surface area contributed by atoms with Crippen molar-refractivity contribution in [2.24, 2.45) is 5.73 Å². The third-order valence-electron chi connectivity index (χ3n) is 5.61. The Balaban J connectivity index is -0.000000288.